The van der Waals surface area contributed by atoms with Crippen LogP contribution in [-0.2, 0) is 0 Å². The van der Waals surface area contributed by atoms with Crippen molar-refractivity contribution in [1.82, 2.24) is 10.2 Å². The van der Waals surface area contributed by atoms with Crippen molar-refractivity contribution in [1.29, 1.82) is 0 Å². The lowest BCUT2D eigenvalue weighted by Crippen LogP contribution is -2.46. The van der Waals surface area contributed by atoms with Crippen molar-refractivity contribution in [2.75, 3.05) is 26.2 Å². The summed E-state index contributed by atoms with van der Waals surface area (Å²) >= 11 is 2.98. The van der Waals surface area contributed by atoms with Crippen LogP contribution in [0, 0.1) is 11.6 Å². The maximum atomic E-state index is 13.6. The molecule has 0 radical (unpaired) electrons. The first-order chi connectivity index (χ1) is 8.09. The lowest BCUT2D eigenvalue weighted by molar-refractivity contribution is 0.0726. The third-order valence-corrected chi connectivity index (χ3v) is 3.08. The number of halogens is 3. The van der Waals surface area contributed by atoms with E-state index in [9.17, 15) is 13.6 Å². The van der Waals surface area contributed by atoms with E-state index < -0.39 is 23.1 Å². The molecule has 1 heterocycles. The molecule has 2 rings (SSSR count). The fourth-order valence-corrected chi connectivity index (χ4v) is 2.17. The fourth-order valence-electron chi connectivity index (χ4n) is 1.77. The molecule has 0 bridgehead atoms. The molecule has 1 aliphatic heterocycles. The molecular formula is C11H11BrF2N2O. The number of amides is 1. The number of nitrogens with one attached hydrogen (secondary N) is 1. The average Bonchev–Trinajstić information content (AvgIpc) is 2.28. The third-order valence-electron chi connectivity index (χ3n) is 2.62. The van der Waals surface area contributed by atoms with Gasteiger partial charge >= 0.3 is 0 Å². The molecule has 0 atom stereocenters. The predicted octanol–water partition coefficient (Wildman–Crippen LogP) is 1.77. The summed E-state index contributed by atoms with van der Waals surface area (Å²) in [6, 6.07) is 2.19. The number of hydrogen-bond acceptors (Lipinski definition) is 2. The van der Waals surface area contributed by atoms with Crippen molar-refractivity contribution in [2.24, 2.45) is 0 Å². The van der Waals surface area contributed by atoms with E-state index in [2.05, 4.69) is 21.2 Å². The molecule has 0 aromatic heterocycles. The molecule has 0 saturated carbocycles. The maximum absolute atomic E-state index is 13.6. The summed E-state index contributed by atoms with van der Waals surface area (Å²) < 4.78 is 27.4. The molecule has 17 heavy (non-hydrogen) atoms. The Morgan fingerprint density at radius 2 is 1.76 bits per heavy atom. The topological polar surface area (TPSA) is 32.3 Å². The van der Waals surface area contributed by atoms with Crippen molar-refractivity contribution in [3.05, 3.63) is 33.8 Å². The van der Waals surface area contributed by atoms with Gasteiger partial charge in [0.05, 0.1) is 0 Å². The molecule has 0 spiro atoms. The molecular weight excluding hydrogens is 294 g/mol. The van der Waals surface area contributed by atoms with Crippen molar-refractivity contribution >= 4 is 21.8 Å². The van der Waals surface area contributed by atoms with Gasteiger partial charge in [0.2, 0.25) is 0 Å². The molecule has 92 valence electrons. The second-order valence-electron chi connectivity index (χ2n) is 3.79. The van der Waals surface area contributed by atoms with Crippen LogP contribution < -0.4 is 5.32 Å². The van der Waals surface area contributed by atoms with E-state index in [4.69, 9.17) is 0 Å². The van der Waals surface area contributed by atoms with E-state index in [1.54, 1.807) is 0 Å². The second kappa shape index (κ2) is 5.10. The number of carbonyl (C=O) groups excluding carboxylic acids is 1. The highest BCUT2D eigenvalue weighted by molar-refractivity contribution is 9.10. The molecule has 0 aliphatic carbocycles. The number of carbonyl (C=O) groups is 1. The number of benzene rings is 1. The number of hydrogen-bond donors (Lipinski definition) is 1. The van der Waals surface area contributed by atoms with E-state index in [1.165, 1.54) is 4.90 Å². The van der Waals surface area contributed by atoms with Crippen LogP contribution in [0.15, 0.2) is 16.6 Å². The van der Waals surface area contributed by atoms with Gasteiger partial charge in [-0.05, 0) is 12.1 Å². The minimum atomic E-state index is -0.833. The number of nitrogens with zero attached hydrogens (tertiary/aromatic N) is 1. The summed E-state index contributed by atoms with van der Waals surface area (Å²) in [6.07, 6.45) is 0. The summed E-state index contributed by atoms with van der Waals surface area (Å²) in [4.78, 5) is 13.4. The van der Waals surface area contributed by atoms with Gasteiger partial charge in [-0.25, -0.2) is 8.78 Å². The molecule has 1 aliphatic rings. The van der Waals surface area contributed by atoms with E-state index in [0.717, 1.165) is 12.1 Å². The van der Waals surface area contributed by atoms with Crippen molar-refractivity contribution in [2.45, 2.75) is 0 Å². The number of rotatable bonds is 1. The van der Waals surface area contributed by atoms with Crippen molar-refractivity contribution in [3.63, 3.8) is 0 Å². The Bertz CT molecular complexity index is 424. The van der Waals surface area contributed by atoms with Crippen LogP contribution in [0.25, 0.3) is 0 Å². The SMILES string of the molecule is O=C(c1c(F)cc(Br)cc1F)N1CCNCC1. The van der Waals surface area contributed by atoms with Gasteiger partial charge < -0.3 is 10.2 Å². The zero-order chi connectivity index (χ0) is 12.4. The highest BCUT2D eigenvalue weighted by Crippen LogP contribution is 2.21. The molecule has 3 nitrogen and oxygen atoms in total. The summed E-state index contributed by atoms with van der Waals surface area (Å²) in [5, 5.41) is 3.07. The van der Waals surface area contributed by atoms with Crippen LogP contribution >= 0.6 is 15.9 Å². The zero-order valence-corrected chi connectivity index (χ0v) is 10.6. The van der Waals surface area contributed by atoms with Crippen LogP contribution in [0.1, 0.15) is 10.4 Å². The van der Waals surface area contributed by atoms with Gasteiger partial charge in [0.25, 0.3) is 5.91 Å². The molecule has 1 saturated heterocycles. The zero-order valence-electron chi connectivity index (χ0n) is 8.97. The van der Waals surface area contributed by atoms with Crippen molar-refractivity contribution < 1.29 is 13.6 Å². The van der Waals surface area contributed by atoms with Gasteiger partial charge in [0, 0.05) is 30.7 Å². The molecule has 1 amide bonds. The van der Waals surface area contributed by atoms with E-state index in [1.807, 2.05) is 0 Å². The first-order valence-electron chi connectivity index (χ1n) is 5.24. The van der Waals surface area contributed by atoms with Crippen LogP contribution in [0.5, 0.6) is 0 Å². The monoisotopic (exact) mass is 304 g/mol. The summed E-state index contributed by atoms with van der Waals surface area (Å²) in [5.41, 5.74) is -0.477. The molecule has 1 aromatic carbocycles. The molecule has 1 N–H and O–H groups in total. The normalized spacial score (nSPS) is 16.1. The molecule has 1 fully saturated rings. The fraction of sp³-hybridized carbons (Fsp3) is 0.364. The highest BCUT2D eigenvalue weighted by atomic mass is 79.9. The van der Waals surface area contributed by atoms with Crippen molar-refractivity contribution in [3.8, 4) is 0 Å². The van der Waals surface area contributed by atoms with Gasteiger partial charge in [-0.1, -0.05) is 15.9 Å². The van der Waals surface area contributed by atoms with Gasteiger partial charge in [-0.15, -0.1) is 0 Å². The lowest BCUT2D eigenvalue weighted by atomic mass is 10.1. The smallest absolute Gasteiger partial charge is 0.259 e. The largest absolute Gasteiger partial charge is 0.336 e. The average molecular weight is 305 g/mol. The summed E-state index contributed by atoms with van der Waals surface area (Å²) in [6.45, 7) is 2.22. The Labute approximate surface area is 106 Å². The van der Waals surface area contributed by atoms with Crippen LogP contribution in [0.4, 0.5) is 8.78 Å². The minimum Gasteiger partial charge on any atom is -0.336 e. The van der Waals surface area contributed by atoms with Gasteiger partial charge in [0.1, 0.15) is 17.2 Å². The highest BCUT2D eigenvalue weighted by Gasteiger charge is 2.24. The Hall–Kier alpha value is -1.01. The predicted molar refractivity (Wildman–Crippen MR) is 62.8 cm³/mol. The number of piperazine rings is 1. The van der Waals surface area contributed by atoms with Gasteiger partial charge in [-0.2, -0.15) is 0 Å². The van der Waals surface area contributed by atoms with E-state index in [0.29, 0.717) is 26.2 Å². The molecule has 0 unspecified atom stereocenters. The van der Waals surface area contributed by atoms with Crippen LogP contribution in [0.3, 0.4) is 0 Å². The quantitative estimate of drug-likeness (QED) is 0.858. The summed E-state index contributed by atoms with van der Waals surface area (Å²) in [5.74, 6) is -2.25. The molecule has 6 heteroatoms. The first kappa shape index (κ1) is 12.4. The van der Waals surface area contributed by atoms with Crippen LogP contribution in [0.2, 0.25) is 0 Å². The Kier molecular flexibility index (Phi) is 3.73. The Morgan fingerprint density at radius 1 is 1.24 bits per heavy atom. The van der Waals surface area contributed by atoms with Gasteiger partial charge in [-0.3, -0.25) is 4.79 Å². The second-order valence-corrected chi connectivity index (χ2v) is 4.70. The standard InChI is InChI=1S/C11H11BrF2N2O/c12-7-5-8(13)10(9(14)6-7)11(17)16-3-1-15-2-4-16/h5-6,15H,1-4H2. The Balaban J connectivity index is 2.30. The lowest BCUT2D eigenvalue weighted by Gasteiger charge is -2.27. The Morgan fingerprint density at radius 3 is 2.29 bits per heavy atom. The van der Waals surface area contributed by atoms with Gasteiger partial charge in [0.15, 0.2) is 0 Å². The first-order valence-corrected chi connectivity index (χ1v) is 6.03. The third kappa shape index (κ3) is 2.63. The minimum absolute atomic E-state index is 0.282. The molecule has 1 aromatic rings. The maximum Gasteiger partial charge on any atom is 0.259 e. The van der Waals surface area contributed by atoms with Crippen LogP contribution in [-0.4, -0.2) is 37.0 Å². The van der Waals surface area contributed by atoms with E-state index >= 15 is 0 Å². The summed E-state index contributed by atoms with van der Waals surface area (Å²) in [7, 11) is 0. The van der Waals surface area contributed by atoms with E-state index in [-0.39, 0.29) is 4.47 Å².